The van der Waals surface area contributed by atoms with Crippen molar-refractivity contribution >= 4 is 17.5 Å². The lowest BCUT2D eigenvalue weighted by Gasteiger charge is -2.19. The van der Waals surface area contributed by atoms with E-state index in [4.69, 9.17) is 4.74 Å². The Morgan fingerprint density at radius 3 is 2.52 bits per heavy atom. The van der Waals surface area contributed by atoms with Gasteiger partial charge in [0.15, 0.2) is 0 Å². The van der Waals surface area contributed by atoms with E-state index < -0.39 is 6.10 Å². The number of fused-ring (bicyclic) bond motifs is 1. The lowest BCUT2D eigenvalue weighted by molar-refractivity contribution is 0.126. The van der Waals surface area contributed by atoms with Crippen LogP contribution in [0.1, 0.15) is 37.7 Å². The lowest BCUT2D eigenvalue weighted by Crippen LogP contribution is -2.20. The van der Waals surface area contributed by atoms with Gasteiger partial charge in [0.25, 0.3) is 5.78 Å². The molecule has 144 valence electrons. The van der Waals surface area contributed by atoms with Crippen LogP contribution in [0.15, 0.2) is 35.5 Å². The molecule has 0 aliphatic carbocycles. The van der Waals surface area contributed by atoms with Gasteiger partial charge in [0.2, 0.25) is 5.16 Å². The highest BCUT2D eigenvalue weighted by atomic mass is 32.2. The second-order valence-electron chi connectivity index (χ2n) is 7.70. The van der Waals surface area contributed by atoms with Gasteiger partial charge in [0.1, 0.15) is 12.4 Å². The van der Waals surface area contributed by atoms with Crippen molar-refractivity contribution in [2.24, 2.45) is 0 Å². The summed E-state index contributed by atoms with van der Waals surface area (Å²) in [6.07, 6.45) is -0.611. The van der Waals surface area contributed by atoms with Crippen LogP contribution in [0, 0.1) is 13.8 Å². The zero-order valence-electron chi connectivity index (χ0n) is 16.4. The molecule has 2 aromatic heterocycles. The SMILES string of the molecule is Cc1cc(C)n2nc(SC[C@H](O)COc3ccc(C(C)(C)C)cc3)nc2n1. The average Bonchev–Trinajstić information content (AvgIpc) is 3.01. The van der Waals surface area contributed by atoms with E-state index in [2.05, 4.69) is 48.0 Å². The number of aliphatic hydroxyl groups is 1. The van der Waals surface area contributed by atoms with E-state index >= 15 is 0 Å². The van der Waals surface area contributed by atoms with E-state index in [1.165, 1.54) is 17.3 Å². The zero-order valence-corrected chi connectivity index (χ0v) is 17.2. The zero-order chi connectivity index (χ0) is 19.6. The maximum Gasteiger partial charge on any atom is 0.253 e. The van der Waals surface area contributed by atoms with E-state index in [9.17, 15) is 5.11 Å². The predicted octanol–water partition coefficient (Wildman–Crippen LogP) is 3.57. The Labute approximate surface area is 164 Å². The topological polar surface area (TPSA) is 72.5 Å². The molecule has 0 unspecified atom stereocenters. The fourth-order valence-corrected chi connectivity index (χ4v) is 3.39. The first-order valence-electron chi connectivity index (χ1n) is 8.97. The molecule has 3 rings (SSSR count). The molecule has 0 fully saturated rings. The number of aliphatic hydroxyl groups excluding tert-OH is 1. The minimum Gasteiger partial charge on any atom is -0.491 e. The molecule has 1 atom stereocenters. The third-order valence-electron chi connectivity index (χ3n) is 4.17. The van der Waals surface area contributed by atoms with Crippen molar-refractivity contribution in [2.75, 3.05) is 12.4 Å². The molecule has 0 aliphatic rings. The molecular formula is C20H26N4O2S. The van der Waals surface area contributed by atoms with Crippen LogP contribution < -0.4 is 4.74 Å². The van der Waals surface area contributed by atoms with Crippen molar-refractivity contribution < 1.29 is 9.84 Å². The Hall–Kier alpha value is -2.12. The minimum absolute atomic E-state index is 0.113. The summed E-state index contributed by atoms with van der Waals surface area (Å²) in [6, 6.07) is 9.98. The van der Waals surface area contributed by atoms with Crippen LogP contribution >= 0.6 is 11.8 Å². The monoisotopic (exact) mass is 386 g/mol. The highest BCUT2D eigenvalue weighted by molar-refractivity contribution is 7.99. The number of hydrogen-bond donors (Lipinski definition) is 1. The summed E-state index contributed by atoms with van der Waals surface area (Å²) >= 11 is 1.40. The Morgan fingerprint density at radius 1 is 1.15 bits per heavy atom. The highest BCUT2D eigenvalue weighted by Gasteiger charge is 2.14. The second-order valence-corrected chi connectivity index (χ2v) is 8.68. The van der Waals surface area contributed by atoms with Crippen LogP contribution in [-0.2, 0) is 5.41 Å². The van der Waals surface area contributed by atoms with Gasteiger partial charge < -0.3 is 9.84 Å². The van der Waals surface area contributed by atoms with Gasteiger partial charge in [-0.25, -0.2) is 9.50 Å². The molecule has 0 spiro atoms. The third-order valence-corrected chi connectivity index (χ3v) is 5.15. The maximum atomic E-state index is 10.2. The fourth-order valence-electron chi connectivity index (χ4n) is 2.67. The van der Waals surface area contributed by atoms with Crippen molar-refractivity contribution in [1.29, 1.82) is 0 Å². The summed E-state index contributed by atoms with van der Waals surface area (Å²) in [7, 11) is 0. The third kappa shape index (κ3) is 4.99. The van der Waals surface area contributed by atoms with Crippen molar-refractivity contribution in [3.05, 3.63) is 47.3 Å². The van der Waals surface area contributed by atoms with Crippen molar-refractivity contribution in [2.45, 2.75) is 51.3 Å². The number of aromatic nitrogens is 4. The first-order chi connectivity index (χ1) is 12.7. The largest absolute Gasteiger partial charge is 0.491 e. The molecular weight excluding hydrogens is 360 g/mol. The van der Waals surface area contributed by atoms with Crippen molar-refractivity contribution in [1.82, 2.24) is 19.6 Å². The standard InChI is InChI=1S/C20H26N4O2S/c1-13-10-14(2)24-18(21-13)22-19(23-24)27-12-16(25)11-26-17-8-6-15(7-9-17)20(3,4)5/h6-10,16,25H,11-12H2,1-5H3/t16-/m1/s1. The molecule has 0 aliphatic heterocycles. The number of ether oxygens (including phenoxy) is 1. The van der Waals surface area contributed by atoms with Gasteiger partial charge in [0.05, 0.1) is 6.10 Å². The molecule has 3 aromatic rings. The van der Waals surface area contributed by atoms with Gasteiger partial charge in [-0.05, 0) is 43.0 Å². The molecule has 0 bridgehead atoms. The fraction of sp³-hybridized carbons (Fsp3) is 0.450. The van der Waals surface area contributed by atoms with Crippen LogP contribution in [0.5, 0.6) is 5.75 Å². The Kier molecular flexibility index (Phi) is 5.72. The Balaban J connectivity index is 1.52. The first kappa shape index (κ1) is 19.6. The molecule has 7 heteroatoms. The number of benzene rings is 1. The van der Waals surface area contributed by atoms with E-state index in [0.29, 0.717) is 16.7 Å². The summed E-state index contributed by atoms with van der Waals surface area (Å²) in [5.74, 6) is 1.79. The summed E-state index contributed by atoms with van der Waals surface area (Å²) < 4.78 is 7.41. The van der Waals surface area contributed by atoms with Crippen LogP contribution in [0.3, 0.4) is 0 Å². The smallest absolute Gasteiger partial charge is 0.253 e. The van der Waals surface area contributed by atoms with Crippen LogP contribution in [0.2, 0.25) is 0 Å². The maximum absolute atomic E-state index is 10.2. The van der Waals surface area contributed by atoms with E-state index in [1.54, 1.807) is 4.52 Å². The van der Waals surface area contributed by atoms with E-state index in [1.807, 2.05) is 32.0 Å². The average molecular weight is 387 g/mol. The van der Waals surface area contributed by atoms with Gasteiger partial charge in [-0.3, -0.25) is 0 Å². The molecule has 27 heavy (non-hydrogen) atoms. The molecule has 2 heterocycles. The van der Waals surface area contributed by atoms with Gasteiger partial charge in [-0.2, -0.15) is 4.98 Å². The molecule has 0 saturated heterocycles. The van der Waals surface area contributed by atoms with Crippen LogP contribution in [-0.4, -0.2) is 43.2 Å². The van der Waals surface area contributed by atoms with Crippen LogP contribution in [0.4, 0.5) is 0 Å². The number of hydrogen-bond acceptors (Lipinski definition) is 6. The number of aryl methyl sites for hydroxylation is 2. The first-order valence-corrected chi connectivity index (χ1v) is 9.96. The van der Waals surface area contributed by atoms with Gasteiger partial charge in [-0.15, -0.1) is 5.10 Å². The van der Waals surface area contributed by atoms with E-state index in [0.717, 1.165) is 17.1 Å². The quantitative estimate of drug-likeness (QED) is 0.653. The molecule has 6 nitrogen and oxygen atoms in total. The second kappa shape index (κ2) is 7.86. The van der Waals surface area contributed by atoms with Crippen LogP contribution in [0.25, 0.3) is 5.78 Å². The van der Waals surface area contributed by atoms with E-state index in [-0.39, 0.29) is 12.0 Å². The molecule has 0 amide bonds. The highest BCUT2D eigenvalue weighted by Crippen LogP contribution is 2.24. The number of rotatable bonds is 6. The molecule has 0 saturated carbocycles. The predicted molar refractivity (Wildman–Crippen MR) is 108 cm³/mol. The summed E-state index contributed by atoms with van der Waals surface area (Å²) in [4.78, 5) is 8.78. The Bertz CT molecular complexity index is 916. The van der Waals surface area contributed by atoms with Gasteiger partial charge in [0, 0.05) is 17.1 Å². The van der Waals surface area contributed by atoms with Gasteiger partial charge in [-0.1, -0.05) is 44.7 Å². The molecule has 1 aromatic carbocycles. The Morgan fingerprint density at radius 2 is 1.85 bits per heavy atom. The molecule has 1 N–H and O–H groups in total. The summed E-state index contributed by atoms with van der Waals surface area (Å²) in [6.45, 7) is 10.7. The number of nitrogens with zero attached hydrogens (tertiary/aromatic N) is 4. The summed E-state index contributed by atoms with van der Waals surface area (Å²) in [5.41, 5.74) is 3.26. The van der Waals surface area contributed by atoms with Gasteiger partial charge >= 0.3 is 0 Å². The number of thioether (sulfide) groups is 1. The minimum atomic E-state index is -0.611. The lowest BCUT2D eigenvalue weighted by atomic mass is 9.87. The normalized spacial score (nSPS) is 13.1. The van der Waals surface area contributed by atoms with Crippen molar-refractivity contribution in [3.8, 4) is 5.75 Å². The summed E-state index contributed by atoms with van der Waals surface area (Å²) in [5, 5.41) is 15.2. The van der Waals surface area contributed by atoms with Crippen molar-refractivity contribution in [3.63, 3.8) is 0 Å². The molecule has 0 radical (unpaired) electrons.